The summed E-state index contributed by atoms with van der Waals surface area (Å²) in [6.07, 6.45) is 2.46. The lowest BCUT2D eigenvalue weighted by Crippen LogP contribution is -2.29. The van der Waals surface area contributed by atoms with Crippen LogP contribution in [0.2, 0.25) is 0 Å². The number of ether oxygens (including phenoxy) is 1. The molecule has 3 aromatic rings. The summed E-state index contributed by atoms with van der Waals surface area (Å²) in [7, 11) is 0. The number of piperidine rings is 1. The molecule has 0 amide bonds. The first-order valence-corrected chi connectivity index (χ1v) is 10.7. The lowest BCUT2D eigenvalue weighted by atomic mass is 9.90. The van der Waals surface area contributed by atoms with Crippen molar-refractivity contribution in [3.05, 3.63) is 76.5 Å². The number of halogens is 1. The van der Waals surface area contributed by atoms with Gasteiger partial charge in [-0.1, -0.05) is 42.5 Å². The van der Waals surface area contributed by atoms with Crippen molar-refractivity contribution in [2.45, 2.75) is 25.4 Å². The van der Waals surface area contributed by atoms with Gasteiger partial charge in [0, 0.05) is 11.1 Å². The molecule has 0 aliphatic carbocycles. The highest BCUT2D eigenvalue weighted by atomic mass is 19.1. The average molecular weight is 450 g/mol. The highest BCUT2D eigenvalue weighted by Crippen LogP contribution is 2.38. The number of carbonyl (C=O) groups is 1. The van der Waals surface area contributed by atoms with E-state index >= 15 is 0 Å². The molecule has 0 bridgehead atoms. The summed E-state index contributed by atoms with van der Waals surface area (Å²) in [6, 6.07) is 13.4. The Morgan fingerprint density at radius 3 is 2.58 bits per heavy atom. The first-order valence-electron chi connectivity index (χ1n) is 10.7. The molecule has 0 spiro atoms. The van der Waals surface area contributed by atoms with Gasteiger partial charge >= 0.3 is 5.69 Å². The van der Waals surface area contributed by atoms with Crippen molar-refractivity contribution in [2.75, 3.05) is 13.1 Å². The van der Waals surface area contributed by atoms with E-state index in [4.69, 9.17) is 4.74 Å². The second kappa shape index (κ2) is 10.3. The molecule has 170 valence electrons. The minimum Gasteiger partial charge on any atom is -0.458 e. The first-order chi connectivity index (χ1) is 16.1. The van der Waals surface area contributed by atoms with Gasteiger partial charge in [0.25, 0.3) is 6.47 Å². The van der Waals surface area contributed by atoms with E-state index in [0.29, 0.717) is 17.5 Å². The van der Waals surface area contributed by atoms with Gasteiger partial charge in [0.15, 0.2) is 17.5 Å². The van der Waals surface area contributed by atoms with Gasteiger partial charge in [-0.05, 0) is 49.9 Å². The van der Waals surface area contributed by atoms with Crippen LogP contribution in [0.5, 0.6) is 0 Å². The molecular formula is C24H23FN4O4. The van der Waals surface area contributed by atoms with Gasteiger partial charge in [-0.25, -0.2) is 14.4 Å². The molecule has 33 heavy (non-hydrogen) atoms. The minimum atomic E-state index is -0.888. The van der Waals surface area contributed by atoms with Crippen LogP contribution in [-0.2, 0) is 9.53 Å². The molecule has 1 aromatic heterocycles. The topological polar surface area (TPSA) is 107 Å². The molecule has 1 fully saturated rings. The number of carbonyl (C=O) groups excluding carboxylic acids is 1. The van der Waals surface area contributed by atoms with Crippen LogP contribution in [0.25, 0.3) is 22.4 Å². The van der Waals surface area contributed by atoms with Crippen molar-refractivity contribution in [2.24, 2.45) is 5.92 Å². The zero-order valence-electron chi connectivity index (χ0n) is 17.8. The second-order valence-electron chi connectivity index (χ2n) is 7.92. The molecular weight excluding hydrogens is 427 g/mol. The van der Waals surface area contributed by atoms with E-state index in [0.717, 1.165) is 25.9 Å². The number of nitrogens with one attached hydrogen (secondary N) is 1. The van der Waals surface area contributed by atoms with Crippen LogP contribution in [-0.4, -0.2) is 34.5 Å². The van der Waals surface area contributed by atoms with Crippen LogP contribution in [0, 0.1) is 21.8 Å². The Hall–Kier alpha value is -3.72. The van der Waals surface area contributed by atoms with E-state index in [1.165, 1.54) is 12.4 Å². The normalized spacial score (nSPS) is 15.1. The predicted molar refractivity (Wildman–Crippen MR) is 120 cm³/mol. The quantitative estimate of drug-likeness (QED) is 0.307. The highest BCUT2D eigenvalue weighted by Gasteiger charge is 2.32. The van der Waals surface area contributed by atoms with Crippen molar-refractivity contribution >= 4 is 12.2 Å². The third kappa shape index (κ3) is 5.04. The van der Waals surface area contributed by atoms with E-state index in [-0.39, 0.29) is 35.0 Å². The van der Waals surface area contributed by atoms with Crippen LogP contribution in [0.1, 0.15) is 31.1 Å². The SMILES string of the molecule is O=COC(CC1CCNCC1)c1ncnc(-c2ccc(-c3ccccc3)c(F)c2)c1[N+](=O)[O-]. The van der Waals surface area contributed by atoms with Crippen LogP contribution in [0.4, 0.5) is 10.1 Å². The lowest BCUT2D eigenvalue weighted by Gasteiger charge is -2.25. The van der Waals surface area contributed by atoms with Gasteiger partial charge < -0.3 is 10.1 Å². The van der Waals surface area contributed by atoms with Gasteiger partial charge in [-0.3, -0.25) is 14.9 Å². The summed E-state index contributed by atoms with van der Waals surface area (Å²) in [4.78, 5) is 30.9. The molecule has 1 atom stereocenters. The second-order valence-corrected chi connectivity index (χ2v) is 7.92. The standard InChI is InChI=1S/C24H23FN4O4/c25-20-13-18(6-7-19(20)17-4-2-1-3-5-17)22-24(29(31)32)23(28-14-27-22)21(33-15-30)12-16-8-10-26-11-9-16/h1-7,13-16,21,26H,8-12H2. The van der Waals surface area contributed by atoms with Crippen molar-refractivity contribution in [1.29, 1.82) is 0 Å². The fraction of sp³-hybridized carbons (Fsp3) is 0.292. The summed E-state index contributed by atoms with van der Waals surface area (Å²) in [5.41, 5.74) is 0.932. The fourth-order valence-corrected chi connectivity index (χ4v) is 4.25. The van der Waals surface area contributed by atoms with Gasteiger partial charge in [-0.2, -0.15) is 0 Å². The Labute approximate surface area is 190 Å². The van der Waals surface area contributed by atoms with E-state index in [1.54, 1.807) is 36.4 Å². The van der Waals surface area contributed by atoms with Crippen LogP contribution >= 0.6 is 0 Å². The molecule has 1 aliphatic heterocycles. The van der Waals surface area contributed by atoms with Gasteiger partial charge in [0.2, 0.25) is 0 Å². The summed E-state index contributed by atoms with van der Waals surface area (Å²) in [5, 5.41) is 15.3. The van der Waals surface area contributed by atoms with Crippen molar-refractivity contribution in [3.8, 4) is 22.4 Å². The minimum absolute atomic E-state index is 0.0168. The monoisotopic (exact) mass is 450 g/mol. The number of nitrogens with zero attached hydrogens (tertiary/aromatic N) is 3. The summed E-state index contributed by atoms with van der Waals surface area (Å²) < 4.78 is 20.2. The number of hydrogen-bond acceptors (Lipinski definition) is 7. The molecule has 0 radical (unpaired) electrons. The molecule has 8 nitrogen and oxygen atoms in total. The van der Waals surface area contributed by atoms with Gasteiger partial charge in [0.1, 0.15) is 12.1 Å². The Morgan fingerprint density at radius 2 is 1.91 bits per heavy atom. The Morgan fingerprint density at radius 1 is 1.15 bits per heavy atom. The van der Waals surface area contributed by atoms with E-state index in [2.05, 4.69) is 15.3 Å². The van der Waals surface area contributed by atoms with Crippen molar-refractivity contribution in [1.82, 2.24) is 15.3 Å². The molecule has 4 rings (SSSR count). The largest absolute Gasteiger partial charge is 0.458 e. The number of rotatable bonds is 8. The number of benzene rings is 2. The third-order valence-corrected chi connectivity index (χ3v) is 5.89. The first kappa shape index (κ1) is 22.5. The highest BCUT2D eigenvalue weighted by molar-refractivity contribution is 5.74. The van der Waals surface area contributed by atoms with E-state index in [9.17, 15) is 19.3 Å². The van der Waals surface area contributed by atoms with Crippen LogP contribution < -0.4 is 5.32 Å². The van der Waals surface area contributed by atoms with Crippen molar-refractivity contribution < 1.29 is 18.8 Å². The van der Waals surface area contributed by atoms with Crippen LogP contribution in [0.3, 0.4) is 0 Å². The fourth-order valence-electron chi connectivity index (χ4n) is 4.25. The summed E-state index contributed by atoms with van der Waals surface area (Å²) >= 11 is 0. The summed E-state index contributed by atoms with van der Waals surface area (Å²) in [5.74, 6) is -0.291. The van der Waals surface area contributed by atoms with Gasteiger partial charge in [-0.15, -0.1) is 0 Å². The molecule has 1 aliphatic rings. The predicted octanol–water partition coefficient (Wildman–Crippen LogP) is 4.46. The molecule has 1 saturated heterocycles. The van der Waals surface area contributed by atoms with Crippen LogP contribution in [0.15, 0.2) is 54.9 Å². The number of aromatic nitrogens is 2. The zero-order valence-corrected chi connectivity index (χ0v) is 17.8. The molecule has 1 unspecified atom stereocenters. The van der Waals surface area contributed by atoms with Gasteiger partial charge in [0.05, 0.1) is 4.92 Å². The smallest absolute Gasteiger partial charge is 0.320 e. The maximum atomic E-state index is 15.0. The van der Waals surface area contributed by atoms with E-state index < -0.39 is 16.8 Å². The number of hydrogen-bond donors (Lipinski definition) is 1. The Bertz CT molecular complexity index is 1140. The number of nitro groups is 1. The maximum Gasteiger partial charge on any atom is 0.320 e. The molecule has 2 heterocycles. The average Bonchev–Trinajstić information content (AvgIpc) is 2.84. The Balaban J connectivity index is 1.73. The molecule has 9 heteroatoms. The molecule has 1 N–H and O–H groups in total. The summed E-state index contributed by atoms with van der Waals surface area (Å²) in [6.45, 7) is 1.96. The lowest BCUT2D eigenvalue weighted by molar-refractivity contribution is -0.386. The maximum absolute atomic E-state index is 15.0. The Kier molecular flexibility index (Phi) is 6.99. The third-order valence-electron chi connectivity index (χ3n) is 5.89. The zero-order chi connectivity index (χ0) is 23.2. The molecule has 2 aromatic carbocycles. The van der Waals surface area contributed by atoms with Crippen molar-refractivity contribution in [3.63, 3.8) is 0 Å². The van der Waals surface area contributed by atoms with E-state index in [1.807, 2.05) is 6.07 Å². The molecule has 0 saturated carbocycles.